The van der Waals surface area contributed by atoms with Crippen molar-refractivity contribution in [1.29, 1.82) is 0 Å². The molecular formula is C15H19NO3. The number of piperidine rings is 1. The first-order valence-electron chi connectivity index (χ1n) is 6.71. The third-order valence-corrected chi connectivity index (χ3v) is 3.44. The van der Waals surface area contributed by atoms with Crippen LogP contribution in [-0.2, 0) is 9.53 Å². The number of hydrogen-bond acceptors (Lipinski definition) is 4. The molecule has 0 spiro atoms. The normalized spacial score (nSPS) is 19.0. The summed E-state index contributed by atoms with van der Waals surface area (Å²) in [5, 5.41) is 0. The largest absolute Gasteiger partial charge is 0.466 e. The minimum absolute atomic E-state index is 0.0422. The Labute approximate surface area is 113 Å². The van der Waals surface area contributed by atoms with Gasteiger partial charge >= 0.3 is 5.97 Å². The number of nitrogens with zero attached hydrogens (tertiary/aromatic N) is 1. The van der Waals surface area contributed by atoms with Gasteiger partial charge in [0.15, 0.2) is 0 Å². The molecule has 1 saturated heterocycles. The van der Waals surface area contributed by atoms with Gasteiger partial charge in [-0.25, -0.2) is 0 Å². The molecule has 19 heavy (non-hydrogen) atoms. The number of benzene rings is 1. The molecule has 0 bridgehead atoms. The summed E-state index contributed by atoms with van der Waals surface area (Å²) in [4.78, 5) is 24.6. The fourth-order valence-corrected chi connectivity index (χ4v) is 2.43. The molecule has 0 saturated carbocycles. The molecule has 4 heteroatoms. The second-order valence-corrected chi connectivity index (χ2v) is 4.75. The maximum absolute atomic E-state index is 11.8. The van der Waals surface area contributed by atoms with Crippen LogP contribution in [0.5, 0.6) is 0 Å². The highest BCUT2D eigenvalue weighted by atomic mass is 16.5. The number of carbonyl (C=O) groups is 2. The fraction of sp³-hybridized carbons (Fsp3) is 0.467. The van der Waals surface area contributed by atoms with Crippen LogP contribution >= 0.6 is 0 Å². The topological polar surface area (TPSA) is 46.6 Å². The van der Waals surface area contributed by atoms with E-state index in [1.807, 2.05) is 19.1 Å². The SMILES string of the molecule is CCOC(=O)[C@@H]1CCCN(c2ccc(C=O)cc2)C1. The Morgan fingerprint density at radius 3 is 2.79 bits per heavy atom. The monoisotopic (exact) mass is 261 g/mol. The average molecular weight is 261 g/mol. The van der Waals surface area contributed by atoms with Crippen molar-refractivity contribution in [3.8, 4) is 0 Å². The minimum atomic E-state index is -0.100. The highest BCUT2D eigenvalue weighted by Crippen LogP contribution is 2.24. The molecule has 0 aliphatic carbocycles. The first-order chi connectivity index (χ1) is 9.24. The highest BCUT2D eigenvalue weighted by molar-refractivity contribution is 5.76. The van der Waals surface area contributed by atoms with Crippen molar-refractivity contribution in [3.05, 3.63) is 29.8 Å². The number of hydrogen-bond donors (Lipinski definition) is 0. The van der Waals surface area contributed by atoms with E-state index >= 15 is 0 Å². The van der Waals surface area contributed by atoms with Gasteiger partial charge in [-0.05, 0) is 44.0 Å². The maximum atomic E-state index is 11.8. The summed E-state index contributed by atoms with van der Waals surface area (Å²) in [6.07, 6.45) is 2.71. The molecule has 4 nitrogen and oxygen atoms in total. The second kappa shape index (κ2) is 6.36. The molecule has 1 aliphatic heterocycles. The van der Waals surface area contributed by atoms with Gasteiger partial charge in [0.05, 0.1) is 12.5 Å². The summed E-state index contributed by atoms with van der Waals surface area (Å²) >= 11 is 0. The van der Waals surface area contributed by atoms with Gasteiger partial charge in [-0.15, -0.1) is 0 Å². The Hall–Kier alpha value is -1.84. The summed E-state index contributed by atoms with van der Waals surface area (Å²) in [7, 11) is 0. The molecular weight excluding hydrogens is 242 g/mol. The van der Waals surface area contributed by atoms with Crippen LogP contribution < -0.4 is 4.90 Å². The number of ether oxygens (including phenoxy) is 1. The number of anilines is 1. The van der Waals surface area contributed by atoms with E-state index in [0.717, 1.165) is 31.4 Å². The lowest BCUT2D eigenvalue weighted by Crippen LogP contribution is -2.39. The van der Waals surface area contributed by atoms with Crippen LogP contribution in [0.25, 0.3) is 0 Å². The number of aldehydes is 1. The summed E-state index contributed by atoms with van der Waals surface area (Å²) in [6, 6.07) is 7.46. The van der Waals surface area contributed by atoms with Crippen molar-refractivity contribution in [2.75, 3.05) is 24.6 Å². The van der Waals surface area contributed by atoms with E-state index < -0.39 is 0 Å². The molecule has 0 aromatic heterocycles. The maximum Gasteiger partial charge on any atom is 0.310 e. The zero-order chi connectivity index (χ0) is 13.7. The van der Waals surface area contributed by atoms with Crippen molar-refractivity contribution >= 4 is 17.9 Å². The Morgan fingerprint density at radius 1 is 1.42 bits per heavy atom. The number of esters is 1. The van der Waals surface area contributed by atoms with E-state index in [2.05, 4.69) is 4.90 Å². The van der Waals surface area contributed by atoms with Gasteiger partial charge in [0.2, 0.25) is 0 Å². The van der Waals surface area contributed by atoms with Crippen LogP contribution in [0.15, 0.2) is 24.3 Å². The molecule has 1 aromatic carbocycles. The van der Waals surface area contributed by atoms with Crippen LogP contribution in [0.3, 0.4) is 0 Å². The van der Waals surface area contributed by atoms with Gasteiger partial charge in [-0.1, -0.05) is 0 Å². The van der Waals surface area contributed by atoms with Crippen molar-refractivity contribution in [3.63, 3.8) is 0 Å². The molecule has 0 amide bonds. The molecule has 0 N–H and O–H groups in total. The Balaban J connectivity index is 2.03. The van der Waals surface area contributed by atoms with E-state index in [1.54, 1.807) is 12.1 Å². The molecule has 102 valence electrons. The van der Waals surface area contributed by atoms with Gasteiger partial charge in [0, 0.05) is 24.3 Å². The van der Waals surface area contributed by atoms with Crippen molar-refractivity contribution in [1.82, 2.24) is 0 Å². The molecule has 1 aromatic rings. The predicted molar refractivity (Wildman–Crippen MR) is 73.4 cm³/mol. The Kier molecular flexibility index (Phi) is 4.55. The van der Waals surface area contributed by atoms with E-state index in [4.69, 9.17) is 4.74 Å². The van der Waals surface area contributed by atoms with Crippen molar-refractivity contribution in [2.24, 2.45) is 5.92 Å². The van der Waals surface area contributed by atoms with Crippen molar-refractivity contribution in [2.45, 2.75) is 19.8 Å². The smallest absolute Gasteiger partial charge is 0.310 e. The minimum Gasteiger partial charge on any atom is -0.466 e. The zero-order valence-electron chi connectivity index (χ0n) is 11.2. The lowest BCUT2D eigenvalue weighted by atomic mass is 9.97. The van der Waals surface area contributed by atoms with Gasteiger partial charge < -0.3 is 9.64 Å². The zero-order valence-corrected chi connectivity index (χ0v) is 11.2. The van der Waals surface area contributed by atoms with Gasteiger partial charge in [0.25, 0.3) is 0 Å². The summed E-state index contributed by atoms with van der Waals surface area (Å²) in [5.74, 6) is -0.142. The fourth-order valence-electron chi connectivity index (χ4n) is 2.43. The van der Waals surface area contributed by atoms with Crippen LogP contribution in [0, 0.1) is 5.92 Å². The molecule has 0 unspecified atom stereocenters. The van der Waals surface area contributed by atoms with Gasteiger partial charge in [-0.2, -0.15) is 0 Å². The van der Waals surface area contributed by atoms with Crippen molar-refractivity contribution < 1.29 is 14.3 Å². The number of carbonyl (C=O) groups excluding carboxylic acids is 2. The van der Waals surface area contributed by atoms with E-state index in [-0.39, 0.29) is 11.9 Å². The molecule has 0 radical (unpaired) electrons. The quantitative estimate of drug-likeness (QED) is 0.616. The van der Waals surface area contributed by atoms with E-state index in [0.29, 0.717) is 18.7 Å². The summed E-state index contributed by atoms with van der Waals surface area (Å²) in [6.45, 7) is 3.90. The third-order valence-electron chi connectivity index (χ3n) is 3.44. The second-order valence-electron chi connectivity index (χ2n) is 4.75. The van der Waals surface area contributed by atoms with Crippen LogP contribution in [0.4, 0.5) is 5.69 Å². The lowest BCUT2D eigenvalue weighted by Gasteiger charge is -2.33. The van der Waals surface area contributed by atoms with Crippen LogP contribution in [0.1, 0.15) is 30.1 Å². The third kappa shape index (κ3) is 3.34. The first kappa shape index (κ1) is 13.6. The van der Waals surface area contributed by atoms with Crippen LogP contribution in [-0.4, -0.2) is 32.0 Å². The highest BCUT2D eigenvalue weighted by Gasteiger charge is 2.26. The molecule has 1 atom stereocenters. The lowest BCUT2D eigenvalue weighted by molar-refractivity contribution is -0.148. The molecule has 1 fully saturated rings. The predicted octanol–water partition coefficient (Wildman–Crippen LogP) is 2.28. The van der Waals surface area contributed by atoms with Gasteiger partial charge in [0.1, 0.15) is 6.29 Å². The summed E-state index contributed by atoms with van der Waals surface area (Å²) < 4.78 is 5.09. The van der Waals surface area contributed by atoms with E-state index in [1.165, 1.54) is 0 Å². The molecule has 2 rings (SSSR count). The Bertz CT molecular complexity index is 441. The average Bonchev–Trinajstić information content (AvgIpc) is 2.48. The van der Waals surface area contributed by atoms with Crippen LogP contribution in [0.2, 0.25) is 0 Å². The Morgan fingerprint density at radius 2 is 2.16 bits per heavy atom. The van der Waals surface area contributed by atoms with E-state index in [9.17, 15) is 9.59 Å². The summed E-state index contributed by atoms with van der Waals surface area (Å²) in [5.41, 5.74) is 1.72. The van der Waals surface area contributed by atoms with Gasteiger partial charge in [-0.3, -0.25) is 9.59 Å². The molecule has 1 aliphatic rings. The standard InChI is InChI=1S/C15H19NO3/c1-2-19-15(18)13-4-3-9-16(10-13)14-7-5-12(11-17)6-8-14/h5-8,11,13H,2-4,9-10H2,1H3/t13-/m1/s1. The molecule has 1 heterocycles. The first-order valence-corrected chi connectivity index (χ1v) is 6.71. The number of rotatable bonds is 4.